The molecule has 1 atom stereocenters. The van der Waals surface area contributed by atoms with Crippen LogP contribution in [0.4, 0.5) is 5.69 Å². The maximum absolute atomic E-state index is 12.2. The quantitative estimate of drug-likeness (QED) is 0.560. The SMILES string of the molecule is CCNc1cc(OC)ccc1C1CCc2cc(OC(=O)C(C)(C)C)ccc2C1. The van der Waals surface area contributed by atoms with Gasteiger partial charge in [0.25, 0.3) is 0 Å². The standard InChI is InChI=1S/C24H31NO3/c1-6-25-22-15-19(27-5)11-12-21(22)18-8-7-17-14-20(10-9-16(17)13-18)28-23(26)24(2,3)4/h9-12,14-15,18,25H,6-8,13H2,1-5H3. The molecule has 4 heteroatoms. The minimum absolute atomic E-state index is 0.199. The van der Waals surface area contributed by atoms with Crippen LogP contribution in [0.1, 0.15) is 56.7 Å². The van der Waals surface area contributed by atoms with Gasteiger partial charge in [0.2, 0.25) is 0 Å². The number of methoxy groups -OCH3 is 1. The van der Waals surface area contributed by atoms with Crippen molar-refractivity contribution in [3.05, 3.63) is 53.1 Å². The molecule has 0 fully saturated rings. The van der Waals surface area contributed by atoms with Gasteiger partial charge in [-0.25, -0.2) is 0 Å². The first-order valence-electron chi connectivity index (χ1n) is 10.1. The van der Waals surface area contributed by atoms with Crippen LogP contribution in [0.15, 0.2) is 36.4 Å². The Kier molecular flexibility index (Phi) is 5.97. The van der Waals surface area contributed by atoms with E-state index in [1.54, 1.807) is 7.11 Å². The topological polar surface area (TPSA) is 47.6 Å². The van der Waals surface area contributed by atoms with Crippen LogP contribution in [0, 0.1) is 5.41 Å². The first-order valence-corrected chi connectivity index (χ1v) is 10.1. The second kappa shape index (κ2) is 8.26. The van der Waals surface area contributed by atoms with Crippen molar-refractivity contribution >= 4 is 11.7 Å². The first kappa shape index (κ1) is 20.2. The summed E-state index contributed by atoms with van der Waals surface area (Å²) in [6.07, 6.45) is 3.06. The van der Waals surface area contributed by atoms with Crippen LogP contribution >= 0.6 is 0 Å². The van der Waals surface area contributed by atoms with Gasteiger partial charge in [-0.2, -0.15) is 0 Å². The number of carbonyl (C=O) groups is 1. The Morgan fingerprint density at radius 2 is 1.86 bits per heavy atom. The van der Waals surface area contributed by atoms with Gasteiger partial charge in [-0.3, -0.25) is 4.79 Å². The van der Waals surface area contributed by atoms with Crippen LogP contribution in [0.3, 0.4) is 0 Å². The molecule has 0 aromatic heterocycles. The molecule has 150 valence electrons. The molecule has 0 amide bonds. The van der Waals surface area contributed by atoms with Gasteiger partial charge in [0.05, 0.1) is 12.5 Å². The Balaban J connectivity index is 1.79. The smallest absolute Gasteiger partial charge is 0.316 e. The van der Waals surface area contributed by atoms with Gasteiger partial charge >= 0.3 is 5.97 Å². The Hall–Kier alpha value is -2.49. The van der Waals surface area contributed by atoms with E-state index in [0.29, 0.717) is 11.7 Å². The predicted molar refractivity (Wildman–Crippen MR) is 113 cm³/mol. The number of hydrogen-bond acceptors (Lipinski definition) is 4. The molecule has 2 aromatic carbocycles. The van der Waals surface area contributed by atoms with E-state index in [4.69, 9.17) is 9.47 Å². The van der Waals surface area contributed by atoms with Crippen LogP contribution < -0.4 is 14.8 Å². The van der Waals surface area contributed by atoms with E-state index in [9.17, 15) is 4.79 Å². The molecule has 0 radical (unpaired) electrons. The second-order valence-electron chi connectivity index (χ2n) is 8.49. The van der Waals surface area contributed by atoms with Gasteiger partial charge in [0.15, 0.2) is 0 Å². The van der Waals surface area contributed by atoms with Crippen LogP contribution in [-0.4, -0.2) is 19.6 Å². The van der Waals surface area contributed by atoms with Crippen LogP contribution in [0.5, 0.6) is 11.5 Å². The van der Waals surface area contributed by atoms with Crippen molar-refractivity contribution in [1.82, 2.24) is 0 Å². The molecule has 1 aliphatic rings. The molecule has 1 aliphatic carbocycles. The third-order valence-corrected chi connectivity index (χ3v) is 5.30. The van der Waals surface area contributed by atoms with Crippen LogP contribution in [-0.2, 0) is 17.6 Å². The van der Waals surface area contributed by atoms with Crippen molar-refractivity contribution in [2.75, 3.05) is 19.0 Å². The third-order valence-electron chi connectivity index (χ3n) is 5.30. The monoisotopic (exact) mass is 381 g/mol. The summed E-state index contributed by atoms with van der Waals surface area (Å²) in [5, 5.41) is 3.48. The highest BCUT2D eigenvalue weighted by Crippen LogP contribution is 2.38. The summed E-state index contributed by atoms with van der Waals surface area (Å²) in [4.78, 5) is 12.2. The number of aryl methyl sites for hydroxylation is 1. The Labute approximate surface area is 168 Å². The number of esters is 1. The molecule has 28 heavy (non-hydrogen) atoms. The maximum atomic E-state index is 12.2. The summed E-state index contributed by atoms with van der Waals surface area (Å²) in [7, 11) is 1.70. The van der Waals surface area contributed by atoms with Crippen molar-refractivity contribution in [3.8, 4) is 11.5 Å². The summed E-state index contributed by atoms with van der Waals surface area (Å²) in [5.74, 6) is 1.79. The second-order valence-corrected chi connectivity index (χ2v) is 8.49. The lowest BCUT2D eigenvalue weighted by Gasteiger charge is -2.27. The van der Waals surface area contributed by atoms with Crippen molar-refractivity contribution in [2.24, 2.45) is 5.41 Å². The van der Waals surface area contributed by atoms with Crippen LogP contribution in [0.25, 0.3) is 0 Å². The van der Waals surface area contributed by atoms with Crippen molar-refractivity contribution in [1.29, 1.82) is 0 Å². The van der Waals surface area contributed by atoms with Gasteiger partial charge in [0.1, 0.15) is 11.5 Å². The van der Waals surface area contributed by atoms with Gasteiger partial charge < -0.3 is 14.8 Å². The summed E-state index contributed by atoms with van der Waals surface area (Å²) in [5.41, 5.74) is 4.62. The van der Waals surface area contributed by atoms with E-state index in [1.807, 2.05) is 39.0 Å². The highest BCUT2D eigenvalue weighted by molar-refractivity contribution is 5.77. The highest BCUT2D eigenvalue weighted by atomic mass is 16.5. The van der Waals surface area contributed by atoms with E-state index in [-0.39, 0.29) is 5.97 Å². The van der Waals surface area contributed by atoms with E-state index in [1.165, 1.54) is 16.7 Å². The van der Waals surface area contributed by atoms with E-state index in [2.05, 4.69) is 30.4 Å². The summed E-state index contributed by atoms with van der Waals surface area (Å²) < 4.78 is 11.0. The first-order chi connectivity index (χ1) is 13.3. The lowest BCUT2D eigenvalue weighted by atomic mass is 9.79. The number of ether oxygens (including phenoxy) is 2. The van der Waals surface area contributed by atoms with E-state index >= 15 is 0 Å². The lowest BCUT2D eigenvalue weighted by molar-refractivity contribution is -0.143. The third kappa shape index (κ3) is 4.49. The Bertz CT molecular complexity index is 851. The summed E-state index contributed by atoms with van der Waals surface area (Å²) >= 11 is 0. The molecule has 0 aliphatic heterocycles. The lowest BCUT2D eigenvalue weighted by Crippen LogP contribution is -2.25. The number of hydrogen-bond donors (Lipinski definition) is 1. The zero-order chi connectivity index (χ0) is 20.3. The molecule has 0 spiro atoms. The number of rotatable bonds is 5. The van der Waals surface area contributed by atoms with Gasteiger partial charge in [-0.05, 0) is 87.8 Å². The number of nitrogens with one attached hydrogen (secondary N) is 1. The van der Waals surface area contributed by atoms with Crippen molar-refractivity contribution < 1.29 is 14.3 Å². The van der Waals surface area contributed by atoms with Gasteiger partial charge in [0, 0.05) is 18.3 Å². The fourth-order valence-electron chi connectivity index (χ4n) is 3.68. The Morgan fingerprint density at radius 1 is 1.11 bits per heavy atom. The number of fused-ring (bicyclic) bond motifs is 1. The average Bonchev–Trinajstić information content (AvgIpc) is 2.67. The molecular weight excluding hydrogens is 350 g/mol. The van der Waals surface area contributed by atoms with Crippen LogP contribution in [0.2, 0.25) is 0 Å². The molecule has 0 saturated carbocycles. The molecule has 0 bridgehead atoms. The highest BCUT2D eigenvalue weighted by Gasteiger charge is 2.26. The minimum atomic E-state index is -0.502. The number of carbonyl (C=O) groups excluding carboxylic acids is 1. The van der Waals surface area contributed by atoms with E-state index in [0.717, 1.165) is 37.2 Å². The van der Waals surface area contributed by atoms with Gasteiger partial charge in [-0.15, -0.1) is 0 Å². The predicted octanol–water partition coefficient (Wildman–Crippen LogP) is 5.35. The summed E-state index contributed by atoms with van der Waals surface area (Å²) in [6.45, 7) is 8.60. The number of anilines is 1. The molecule has 4 nitrogen and oxygen atoms in total. The molecule has 2 aromatic rings. The van der Waals surface area contributed by atoms with Crippen molar-refractivity contribution in [2.45, 2.75) is 52.9 Å². The van der Waals surface area contributed by atoms with Crippen molar-refractivity contribution in [3.63, 3.8) is 0 Å². The molecular formula is C24H31NO3. The number of benzene rings is 2. The zero-order valence-electron chi connectivity index (χ0n) is 17.6. The van der Waals surface area contributed by atoms with Gasteiger partial charge in [-0.1, -0.05) is 12.1 Å². The zero-order valence-corrected chi connectivity index (χ0v) is 17.6. The fraction of sp³-hybridized carbons (Fsp3) is 0.458. The van der Waals surface area contributed by atoms with E-state index < -0.39 is 5.41 Å². The normalized spacial score (nSPS) is 16.2. The fourth-order valence-corrected chi connectivity index (χ4v) is 3.68. The molecule has 0 saturated heterocycles. The molecule has 1 unspecified atom stereocenters. The molecule has 3 rings (SSSR count). The Morgan fingerprint density at radius 3 is 2.54 bits per heavy atom. The molecule has 0 heterocycles. The largest absolute Gasteiger partial charge is 0.497 e. The maximum Gasteiger partial charge on any atom is 0.316 e. The summed E-state index contributed by atoms with van der Waals surface area (Å²) in [6, 6.07) is 12.4. The minimum Gasteiger partial charge on any atom is -0.497 e. The average molecular weight is 382 g/mol. The molecule has 1 N–H and O–H groups in total.